The van der Waals surface area contributed by atoms with Gasteiger partial charge in [0, 0.05) is 25.0 Å². The van der Waals surface area contributed by atoms with Crippen LogP contribution in [0.4, 0.5) is 0 Å². The summed E-state index contributed by atoms with van der Waals surface area (Å²) < 4.78 is 28.0. The monoisotopic (exact) mass is 340 g/mol. The normalized spacial score (nSPS) is 17.2. The maximum Gasteiger partial charge on any atom is 0.243 e. The smallest absolute Gasteiger partial charge is 0.243 e. The van der Waals surface area contributed by atoms with Crippen LogP contribution in [0.15, 0.2) is 59.5 Å². The SMILES string of the molecule is O=S(=O)(c1cccc2cc3ccccc3cc12)N1CCCNCC1. The van der Waals surface area contributed by atoms with Crippen LogP contribution in [0.25, 0.3) is 21.5 Å². The first-order chi connectivity index (χ1) is 11.7. The van der Waals surface area contributed by atoms with Crippen molar-refractivity contribution in [2.24, 2.45) is 0 Å². The summed E-state index contributed by atoms with van der Waals surface area (Å²) in [5, 5.41) is 7.20. The van der Waals surface area contributed by atoms with E-state index in [0.29, 0.717) is 24.5 Å². The second kappa shape index (κ2) is 6.16. The molecule has 0 unspecified atom stereocenters. The zero-order valence-corrected chi connectivity index (χ0v) is 14.2. The van der Waals surface area contributed by atoms with Gasteiger partial charge in [-0.05, 0) is 47.3 Å². The zero-order valence-electron chi connectivity index (χ0n) is 13.4. The molecule has 0 saturated carbocycles. The molecule has 3 aromatic carbocycles. The molecule has 3 aromatic rings. The Morgan fingerprint density at radius 3 is 2.42 bits per heavy atom. The van der Waals surface area contributed by atoms with Gasteiger partial charge in [-0.2, -0.15) is 4.31 Å². The molecule has 0 spiro atoms. The molecule has 0 radical (unpaired) electrons. The topological polar surface area (TPSA) is 49.4 Å². The number of hydrogen-bond donors (Lipinski definition) is 1. The van der Waals surface area contributed by atoms with Gasteiger partial charge in [0.25, 0.3) is 0 Å². The fraction of sp³-hybridized carbons (Fsp3) is 0.263. The number of rotatable bonds is 2. The molecule has 0 atom stereocenters. The van der Waals surface area contributed by atoms with Crippen molar-refractivity contribution in [1.29, 1.82) is 0 Å². The highest BCUT2D eigenvalue weighted by Gasteiger charge is 2.26. The third kappa shape index (κ3) is 2.69. The van der Waals surface area contributed by atoms with Gasteiger partial charge in [-0.1, -0.05) is 36.4 Å². The van der Waals surface area contributed by atoms with Gasteiger partial charge in [0.2, 0.25) is 10.0 Å². The predicted octanol–water partition coefficient (Wildman–Crippen LogP) is 2.98. The first-order valence-electron chi connectivity index (χ1n) is 8.29. The Hall–Kier alpha value is -1.95. The van der Waals surface area contributed by atoms with Gasteiger partial charge in [-0.3, -0.25) is 0 Å². The maximum absolute atomic E-state index is 13.2. The van der Waals surface area contributed by atoms with Crippen molar-refractivity contribution < 1.29 is 8.42 Å². The van der Waals surface area contributed by atoms with E-state index in [1.165, 1.54) is 0 Å². The van der Waals surface area contributed by atoms with Crippen LogP contribution in [-0.4, -0.2) is 38.9 Å². The fourth-order valence-electron chi connectivity index (χ4n) is 3.36. The van der Waals surface area contributed by atoms with E-state index in [0.717, 1.165) is 34.5 Å². The standard InChI is InChI=1S/C19H20N2O2S/c22-24(23,21-11-4-9-20-10-12-21)19-8-3-7-17-13-15-5-1-2-6-16(15)14-18(17)19/h1-3,5-8,13-14,20H,4,9-12H2. The average molecular weight is 340 g/mol. The number of nitrogens with one attached hydrogen (secondary N) is 1. The highest BCUT2D eigenvalue weighted by molar-refractivity contribution is 7.89. The van der Waals surface area contributed by atoms with Crippen molar-refractivity contribution in [3.8, 4) is 0 Å². The highest BCUT2D eigenvalue weighted by atomic mass is 32.2. The molecule has 4 nitrogen and oxygen atoms in total. The lowest BCUT2D eigenvalue weighted by molar-refractivity contribution is 0.432. The summed E-state index contributed by atoms with van der Waals surface area (Å²) in [5.74, 6) is 0. The minimum absolute atomic E-state index is 0.410. The second-order valence-electron chi connectivity index (χ2n) is 6.18. The number of sulfonamides is 1. The molecule has 4 rings (SSSR count). The summed E-state index contributed by atoms with van der Waals surface area (Å²) in [7, 11) is -3.49. The van der Waals surface area contributed by atoms with Crippen LogP contribution >= 0.6 is 0 Å². The number of benzene rings is 3. The number of fused-ring (bicyclic) bond motifs is 2. The van der Waals surface area contributed by atoms with Crippen LogP contribution in [-0.2, 0) is 10.0 Å². The molecule has 0 aromatic heterocycles. The summed E-state index contributed by atoms with van der Waals surface area (Å²) in [4.78, 5) is 0.410. The van der Waals surface area contributed by atoms with E-state index < -0.39 is 10.0 Å². The molecule has 5 heteroatoms. The Labute approximate surface area is 142 Å². The predicted molar refractivity (Wildman–Crippen MR) is 97.7 cm³/mol. The lowest BCUT2D eigenvalue weighted by Crippen LogP contribution is -2.34. The van der Waals surface area contributed by atoms with E-state index in [9.17, 15) is 8.42 Å². The average Bonchev–Trinajstić information content (AvgIpc) is 2.89. The molecule has 1 aliphatic heterocycles. The van der Waals surface area contributed by atoms with Crippen LogP contribution in [0.1, 0.15) is 6.42 Å². The number of nitrogens with zero attached hydrogens (tertiary/aromatic N) is 1. The van der Waals surface area contributed by atoms with Crippen LogP contribution in [0, 0.1) is 0 Å². The molecule has 1 fully saturated rings. The lowest BCUT2D eigenvalue weighted by Gasteiger charge is -2.20. The Bertz CT molecular complexity index is 991. The van der Waals surface area contributed by atoms with Crippen molar-refractivity contribution in [3.05, 3.63) is 54.6 Å². The van der Waals surface area contributed by atoms with Gasteiger partial charge in [-0.25, -0.2) is 8.42 Å². The molecule has 0 aliphatic carbocycles. The summed E-state index contributed by atoms with van der Waals surface area (Å²) in [6.45, 7) is 2.66. The Morgan fingerprint density at radius 2 is 1.58 bits per heavy atom. The van der Waals surface area contributed by atoms with Gasteiger partial charge < -0.3 is 5.32 Å². The van der Waals surface area contributed by atoms with Crippen molar-refractivity contribution in [3.63, 3.8) is 0 Å². The van der Waals surface area contributed by atoms with E-state index >= 15 is 0 Å². The molecule has 0 amide bonds. The third-order valence-corrected chi connectivity index (χ3v) is 6.58. The van der Waals surface area contributed by atoms with Crippen molar-refractivity contribution in [2.45, 2.75) is 11.3 Å². The van der Waals surface area contributed by atoms with Crippen LogP contribution in [0.5, 0.6) is 0 Å². The maximum atomic E-state index is 13.2. The molecule has 1 N–H and O–H groups in total. The van der Waals surface area contributed by atoms with Gasteiger partial charge >= 0.3 is 0 Å². The van der Waals surface area contributed by atoms with E-state index in [1.807, 2.05) is 36.4 Å². The summed E-state index contributed by atoms with van der Waals surface area (Å²) in [5.41, 5.74) is 0. The molecule has 24 heavy (non-hydrogen) atoms. The van der Waals surface area contributed by atoms with E-state index in [2.05, 4.69) is 17.4 Å². The molecular weight excluding hydrogens is 320 g/mol. The van der Waals surface area contributed by atoms with Gasteiger partial charge in [0.15, 0.2) is 0 Å². The summed E-state index contributed by atoms with van der Waals surface area (Å²) >= 11 is 0. The third-order valence-electron chi connectivity index (χ3n) is 4.62. The van der Waals surface area contributed by atoms with Crippen molar-refractivity contribution in [1.82, 2.24) is 9.62 Å². The van der Waals surface area contributed by atoms with Gasteiger partial charge in [0.05, 0.1) is 4.90 Å². The van der Waals surface area contributed by atoms with E-state index in [4.69, 9.17) is 0 Å². The highest BCUT2D eigenvalue weighted by Crippen LogP contribution is 2.29. The Kier molecular flexibility index (Phi) is 4.00. The quantitative estimate of drug-likeness (QED) is 0.730. The zero-order chi connectivity index (χ0) is 16.6. The Morgan fingerprint density at radius 1 is 0.833 bits per heavy atom. The first-order valence-corrected chi connectivity index (χ1v) is 9.73. The Balaban J connectivity index is 1.90. The van der Waals surface area contributed by atoms with Crippen LogP contribution in [0.3, 0.4) is 0 Å². The molecule has 1 heterocycles. The number of hydrogen-bond acceptors (Lipinski definition) is 3. The van der Waals surface area contributed by atoms with Crippen molar-refractivity contribution >= 4 is 31.6 Å². The minimum atomic E-state index is -3.49. The van der Waals surface area contributed by atoms with Crippen LogP contribution in [0.2, 0.25) is 0 Å². The summed E-state index contributed by atoms with van der Waals surface area (Å²) in [6.07, 6.45) is 0.840. The van der Waals surface area contributed by atoms with E-state index in [-0.39, 0.29) is 0 Å². The van der Waals surface area contributed by atoms with Gasteiger partial charge in [0.1, 0.15) is 0 Å². The molecule has 124 valence electrons. The van der Waals surface area contributed by atoms with Gasteiger partial charge in [-0.15, -0.1) is 0 Å². The van der Waals surface area contributed by atoms with E-state index in [1.54, 1.807) is 10.4 Å². The van der Waals surface area contributed by atoms with Crippen molar-refractivity contribution in [2.75, 3.05) is 26.2 Å². The molecule has 0 bridgehead atoms. The molecule has 1 saturated heterocycles. The largest absolute Gasteiger partial charge is 0.315 e. The lowest BCUT2D eigenvalue weighted by atomic mass is 10.0. The molecule has 1 aliphatic rings. The first kappa shape index (κ1) is 15.6. The van der Waals surface area contributed by atoms with Crippen LogP contribution < -0.4 is 5.32 Å². The fourth-order valence-corrected chi connectivity index (χ4v) is 5.05. The summed E-state index contributed by atoms with van der Waals surface area (Å²) in [6, 6.07) is 17.6. The molecular formula is C19H20N2O2S. The minimum Gasteiger partial charge on any atom is -0.315 e. The second-order valence-corrected chi connectivity index (χ2v) is 8.09.